The highest BCUT2D eigenvalue weighted by Crippen LogP contribution is 2.18. The van der Waals surface area contributed by atoms with Gasteiger partial charge in [0.2, 0.25) is 5.91 Å². The molecular formula is C17H22ClN3O3. The summed E-state index contributed by atoms with van der Waals surface area (Å²) in [7, 11) is 0. The van der Waals surface area contributed by atoms with Crippen molar-refractivity contribution in [3.63, 3.8) is 0 Å². The topological polar surface area (TPSA) is 61.9 Å². The van der Waals surface area contributed by atoms with E-state index < -0.39 is 0 Å². The highest BCUT2D eigenvalue weighted by molar-refractivity contribution is 6.30. The lowest BCUT2D eigenvalue weighted by Gasteiger charge is -2.41. The first kappa shape index (κ1) is 17.0. The summed E-state index contributed by atoms with van der Waals surface area (Å²) in [5, 5.41) is 3.71. The summed E-state index contributed by atoms with van der Waals surface area (Å²) < 4.78 is 5.54. The van der Waals surface area contributed by atoms with Crippen LogP contribution in [0.5, 0.6) is 5.75 Å². The number of hydrogen-bond acceptors (Lipinski definition) is 4. The molecule has 0 spiro atoms. The summed E-state index contributed by atoms with van der Waals surface area (Å²) in [6.07, 6.45) is 1.86. The Balaban J connectivity index is 1.52. The molecule has 1 aromatic rings. The molecule has 1 N–H and O–H groups in total. The minimum Gasteiger partial charge on any atom is -0.484 e. The standard InChI is InChI=1S/C17H22ClN3O3/c18-13-3-5-15(6-4-13)24-12-17(23)20-8-1-2-14(11-20)21-9-7-19-10-16(21)22/h3-6,14,19H,1-2,7-12H2. The van der Waals surface area contributed by atoms with Crippen LogP contribution in [0, 0.1) is 0 Å². The van der Waals surface area contributed by atoms with Gasteiger partial charge < -0.3 is 19.9 Å². The normalized spacial score (nSPS) is 21.7. The Bertz CT molecular complexity index is 593. The second kappa shape index (κ2) is 7.85. The van der Waals surface area contributed by atoms with Crippen molar-refractivity contribution in [3.05, 3.63) is 29.3 Å². The second-order valence-corrected chi connectivity index (χ2v) is 6.58. The third kappa shape index (κ3) is 4.19. The highest BCUT2D eigenvalue weighted by Gasteiger charge is 2.31. The number of ether oxygens (including phenoxy) is 1. The van der Waals surface area contributed by atoms with Crippen molar-refractivity contribution in [1.82, 2.24) is 15.1 Å². The van der Waals surface area contributed by atoms with Crippen LogP contribution in [0.3, 0.4) is 0 Å². The molecular weight excluding hydrogens is 330 g/mol. The first-order chi connectivity index (χ1) is 11.6. The predicted octanol–water partition coefficient (Wildman–Crippen LogP) is 1.14. The number of piperidine rings is 1. The molecule has 0 bridgehead atoms. The van der Waals surface area contributed by atoms with E-state index in [0.29, 0.717) is 30.4 Å². The van der Waals surface area contributed by atoms with E-state index in [9.17, 15) is 9.59 Å². The monoisotopic (exact) mass is 351 g/mol. The lowest BCUT2D eigenvalue weighted by Crippen LogP contribution is -2.57. The van der Waals surface area contributed by atoms with Crippen molar-refractivity contribution >= 4 is 23.4 Å². The minimum absolute atomic E-state index is 0.00382. The summed E-state index contributed by atoms with van der Waals surface area (Å²) >= 11 is 5.83. The molecule has 2 heterocycles. The molecule has 2 aliphatic rings. The van der Waals surface area contributed by atoms with Gasteiger partial charge >= 0.3 is 0 Å². The fourth-order valence-corrected chi connectivity index (χ4v) is 3.34. The number of benzene rings is 1. The van der Waals surface area contributed by atoms with E-state index in [1.165, 1.54) is 0 Å². The summed E-state index contributed by atoms with van der Waals surface area (Å²) in [5.41, 5.74) is 0. The molecule has 0 saturated carbocycles. The number of hydrogen-bond donors (Lipinski definition) is 1. The molecule has 6 nitrogen and oxygen atoms in total. The molecule has 130 valence electrons. The molecule has 1 atom stereocenters. The molecule has 2 saturated heterocycles. The quantitative estimate of drug-likeness (QED) is 0.883. The first-order valence-electron chi connectivity index (χ1n) is 8.30. The van der Waals surface area contributed by atoms with Crippen LogP contribution < -0.4 is 10.1 Å². The van der Waals surface area contributed by atoms with Crippen molar-refractivity contribution < 1.29 is 14.3 Å². The van der Waals surface area contributed by atoms with Gasteiger partial charge in [0.1, 0.15) is 5.75 Å². The van der Waals surface area contributed by atoms with Crippen LogP contribution in [-0.2, 0) is 9.59 Å². The Morgan fingerprint density at radius 1 is 1.29 bits per heavy atom. The van der Waals surface area contributed by atoms with Crippen LogP contribution in [0.2, 0.25) is 5.02 Å². The number of rotatable bonds is 4. The zero-order valence-corrected chi connectivity index (χ0v) is 14.3. The highest BCUT2D eigenvalue weighted by atomic mass is 35.5. The van der Waals surface area contributed by atoms with Crippen molar-refractivity contribution in [2.45, 2.75) is 18.9 Å². The molecule has 0 aromatic heterocycles. The Labute approximate surface area is 146 Å². The van der Waals surface area contributed by atoms with E-state index in [1.807, 2.05) is 4.90 Å². The van der Waals surface area contributed by atoms with E-state index >= 15 is 0 Å². The van der Waals surface area contributed by atoms with E-state index in [0.717, 1.165) is 25.9 Å². The van der Waals surface area contributed by atoms with Crippen LogP contribution in [0.1, 0.15) is 12.8 Å². The Hall–Kier alpha value is -1.79. The lowest BCUT2D eigenvalue weighted by atomic mass is 10.0. The Kier molecular flexibility index (Phi) is 5.58. The number of carbonyl (C=O) groups excluding carboxylic acids is 2. The number of amides is 2. The maximum atomic E-state index is 12.4. The minimum atomic E-state index is -0.0442. The van der Waals surface area contributed by atoms with Gasteiger partial charge in [-0.3, -0.25) is 9.59 Å². The average molecular weight is 352 g/mol. The SMILES string of the molecule is O=C(COc1ccc(Cl)cc1)N1CCCC(N2CCNCC2=O)C1. The number of nitrogens with one attached hydrogen (secondary N) is 1. The maximum absolute atomic E-state index is 12.4. The van der Waals surface area contributed by atoms with Gasteiger partial charge in [-0.25, -0.2) is 0 Å². The van der Waals surface area contributed by atoms with Crippen LogP contribution in [0.15, 0.2) is 24.3 Å². The van der Waals surface area contributed by atoms with Crippen LogP contribution >= 0.6 is 11.6 Å². The summed E-state index contributed by atoms with van der Waals surface area (Å²) in [4.78, 5) is 28.2. The summed E-state index contributed by atoms with van der Waals surface area (Å²) in [6.45, 7) is 3.24. The molecule has 2 aliphatic heterocycles. The van der Waals surface area contributed by atoms with Crippen molar-refractivity contribution in [3.8, 4) is 5.75 Å². The van der Waals surface area contributed by atoms with Gasteiger partial charge in [-0.15, -0.1) is 0 Å². The predicted molar refractivity (Wildman–Crippen MR) is 91.1 cm³/mol. The molecule has 2 amide bonds. The van der Waals surface area contributed by atoms with Crippen molar-refractivity contribution in [1.29, 1.82) is 0 Å². The van der Waals surface area contributed by atoms with Crippen LogP contribution in [-0.4, -0.2) is 67.0 Å². The maximum Gasteiger partial charge on any atom is 0.260 e. The van der Waals surface area contributed by atoms with Crippen molar-refractivity contribution in [2.24, 2.45) is 0 Å². The number of carbonyl (C=O) groups is 2. The molecule has 2 fully saturated rings. The van der Waals surface area contributed by atoms with Gasteiger partial charge in [0.25, 0.3) is 5.91 Å². The summed E-state index contributed by atoms with van der Waals surface area (Å²) in [6, 6.07) is 7.07. The van der Waals surface area contributed by atoms with E-state index in [1.54, 1.807) is 29.2 Å². The first-order valence-corrected chi connectivity index (χ1v) is 8.67. The van der Waals surface area contributed by atoms with Crippen molar-refractivity contribution in [2.75, 3.05) is 39.3 Å². The van der Waals surface area contributed by atoms with Gasteiger partial charge in [0, 0.05) is 37.2 Å². The Morgan fingerprint density at radius 2 is 2.08 bits per heavy atom. The Morgan fingerprint density at radius 3 is 2.83 bits per heavy atom. The fourth-order valence-electron chi connectivity index (χ4n) is 3.21. The largest absolute Gasteiger partial charge is 0.484 e. The van der Waals surface area contributed by atoms with Gasteiger partial charge in [-0.1, -0.05) is 11.6 Å². The number of piperazine rings is 1. The molecule has 1 aromatic carbocycles. The molecule has 1 unspecified atom stereocenters. The van der Waals surface area contributed by atoms with Crippen LogP contribution in [0.25, 0.3) is 0 Å². The zero-order valence-electron chi connectivity index (χ0n) is 13.5. The summed E-state index contributed by atoms with van der Waals surface area (Å²) in [5.74, 6) is 0.703. The second-order valence-electron chi connectivity index (χ2n) is 6.14. The third-order valence-corrected chi connectivity index (χ3v) is 4.74. The zero-order chi connectivity index (χ0) is 16.9. The molecule has 0 aliphatic carbocycles. The van der Waals surface area contributed by atoms with Gasteiger partial charge in [0.05, 0.1) is 6.54 Å². The van der Waals surface area contributed by atoms with Gasteiger partial charge in [-0.2, -0.15) is 0 Å². The van der Waals surface area contributed by atoms with Gasteiger partial charge in [0.15, 0.2) is 6.61 Å². The molecule has 24 heavy (non-hydrogen) atoms. The molecule has 7 heteroatoms. The van der Waals surface area contributed by atoms with Crippen LogP contribution in [0.4, 0.5) is 0 Å². The number of halogens is 1. The van der Waals surface area contributed by atoms with E-state index in [-0.39, 0.29) is 24.5 Å². The average Bonchev–Trinajstić information content (AvgIpc) is 2.61. The fraction of sp³-hybridized carbons (Fsp3) is 0.529. The molecule has 0 radical (unpaired) electrons. The number of nitrogens with zero attached hydrogens (tertiary/aromatic N) is 2. The third-order valence-electron chi connectivity index (χ3n) is 4.49. The lowest BCUT2D eigenvalue weighted by molar-refractivity contribution is -0.141. The number of likely N-dealkylation sites (tertiary alicyclic amines) is 1. The smallest absolute Gasteiger partial charge is 0.260 e. The van der Waals surface area contributed by atoms with Gasteiger partial charge in [-0.05, 0) is 37.1 Å². The van der Waals surface area contributed by atoms with E-state index in [4.69, 9.17) is 16.3 Å². The van der Waals surface area contributed by atoms with E-state index in [2.05, 4.69) is 5.32 Å². The molecule has 3 rings (SSSR count).